The molecule has 2 aromatic rings. The first-order valence-electron chi connectivity index (χ1n) is 9.43. The number of ether oxygens (including phenoxy) is 2. The third kappa shape index (κ3) is 2.83. The van der Waals surface area contributed by atoms with Gasteiger partial charge in [-0.25, -0.2) is 9.18 Å². The molecule has 8 heteroatoms. The fraction of sp³-hybridized carbons (Fsp3) is 0.333. The molecule has 0 bridgehead atoms. The number of nitrogens with zero attached hydrogens (tertiary/aromatic N) is 1. The van der Waals surface area contributed by atoms with E-state index in [9.17, 15) is 14.0 Å². The number of rotatable bonds is 4. The van der Waals surface area contributed by atoms with Gasteiger partial charge in [-0.15, -0.1) is 0 Å². The van der Waals surface area contributed by atoms with Crippen LogP contribution in [0.15, 0.2) is 48.5 Å². The first-order chi connectivity index (χ1) is 14.1. The number of hydroxylamine groups is 2. The van der Waals surface area contributed by atoms with E-state index in [2.05, 4.69) is 0 Å². The molecule has 0 aromatic heterocycles. The molecule has 2 fully saturated rings. The zero-order valence-corrected chi connectivity index (χ0v) is 15.5. The molecule has 7 nitrogen and oxygen atoms in total. The van der Waals surface area contributed by atoms with Gasteiger partial charge in [0, 0.05) is 17.0 Å². The van der Waals surface area contributed by atoms with Crippen LogP contribution in [-0.2, 0) is 19.2 Å². The predicted octanol–water partition coefficient (Wildman–Crippen LogP) is 2.41. The highest BCUT2D eigenvalue weighted by atomic mass is 19.1. The van der Waals surface area contributed by atoms with Crippen molar-refractivity contribution in [3.05, 3.63) is 65.5 Å². The summed E-state index contributed by atoms with van der Waals surface area (Å²) in [7, 11) is 0. The maximum atomic E-state index is 13.3. The molecule has 0 saturated carbocycles. The van der Waals surface area contributed by atoms with Crippen LogP contribution in [0.3, 0.4) is 0 Å². The lowest BCUT2D eigenvalue weighted by atomic mass is 9.79. The van der Waals surface area contributed by atoms with Gasteiger partial charge < -0.3 is 9.47 Å². The Hall–Kier alpha value is -2.81. The van der Waals surface area contributed by atoms with Crippen LogP contribution in [0.5, 0.6) is 5.75 Å². The van der Waals surface area contributed by atoms with Gasteiger partial charge >= 0.3 is 5.97 Å². The summed E-state index contributed by atoms with van der Waals surface area (Å²) in [5, 5.41) is 1.19. The van der Waals surface area contributed by atoms with E-state index < -0.39 is 42.1 Å². The molecule has 29 heavy (non-hydrogen) atoms. The first kappa shape index (κ1) is 18.2. The van der Waals surface area contributed by atoms with Gasteiger partial charge in [0.15, 0.2) is 18.0 Å². The van der Waals surface area contributed by atoms with E-state index in [1.807, 2.05) is 18.2 Å². The molecule has 150 valence electrons. The van der Waals surface area contributed by atoms with Crippen molar-refractivity contribution in [2.24, 2.45) is 0 Å². The topological polar surface area (TPSA) is 74.3 Å². The second kappa shape index (κ2) is 6.91. The molecule has 0 N–H and O–H groups in total. The van der Waals surface area contributed by atoms with Crippen molar-refractivity contribution < 1.29 is 33.1 Å². The van der Waals surface area contributed by atoms with Crippen LogP contribution in [0.2, 0.25) is 0 Å². The fourth-order valence-corrected chi connectivity index (χ4v) is 4.21. The van der Waals surface area contributed by atoms with Gasteiger partial charge in [-0.1, -0.05) is 23.4 Å². The molecular weight excluding hydrogens is 381 g/mol. The van der Waals surface area contributed by atoms with Crippen LogP contribution in [0, 0.1) is 5.82 Å². The Bertz CT molecular complexity index is 964. The Morgan fingerprint density at radius 3 is 2.55 bits per heavy atom. The number of halogens is 1. The van der Waals surface area contributed by atoms with Crippen molar-refractivity contribution in [3.63, 3.8) is 0 Å². The molecule has 5 rings (SSSR count). The lowest BCUT2D eigenvalue weighted by Gasteiger charge is -2.33. The lowest BCUT2D eigenvalue weighted by molar-refractivity contribution is -0.347. The highest BCUT2D eigenvalue weighted by Gasteiger charge is 2.64. The molecule has 2 aromatic carbocycles. The number of esters is 1. The maximum absolute atomic E-state index is 13.3. The zero-order valence-electron chi connectivity index (χ0n) is 15.5. The third-order valence-electron chi connectivity index (χ3n) is 5.45. The summed E-state index contributed by atoms with van der Waals surface area (Å²) in [5.41, 5.74) is 1.13. The number of ketones is 1. The number of benzene rings is 2. The number of carbonyl (C=O) groups is 2. The Labute approximate surface area is 165 Å². The minimum absolute atomic E-state index is 0.211. The monoisotopic (exact) mass is 399 g/mol. The summed E-state index contributed by atoms with van der Waals surface area (Å²) in [6.45, 7) is 1.92. The molecular formula is C21H18FNO6. The molecule has 3 aliphatic rings. The minimum Gasteiger partial charge on any atom is -0.485 e. The van der Waals surface area contributed by atoms with E-state index in [0.29, 0.717) is 11.3 Å². The van der Waals surface area contributed by atoms with E-state index in [1.165, 1.54) is 29.5 Å². The van der Waals surface area contributed by atoms with E-state index in [-0.39, 0.29) is 12.4 Å². The summed E-state index contributed by atoms with van der Waals surface area (Å²) in [6.07, 6.45) is -2.56. The quantitative estimate of drug-likeness (QED) is 0.577. The maximum Gasteiger partial charge on any atom is 0.341 e. The van der Waals surface area contributed by atoms with Gasteiger partial charge in [0.25, 0.3) is 0 Å². The SMILES string of the molecule is CCOC(=O)[C@@H]1ON2O[C@H](C(=O)c3ccc(F)cc3)[C@H]3c4ccccc4O[C@@H]1[C@H]32. The minimum atomic E-state index is -0.988. The Morgan fingerprint density at radius 2 is 1.79 bits per heavy atom. The van der Waals surface area contributed by atoms with Crippen LogP contribution in [0.25, 0.3) is 0 Å². The second-order valence-electron chi connectivity index (χ2n) is 7.10. The van der Waals surface area contributed by atoms with Crippen molar-refractivity contribution in [1.29, 1.82) is 0 Å². The van der Waals surface area contributed by atoms with Crippen LogP contribution in [-0.4, -0.2) is 47.9 Å². The Kier molecular flexibility index (Phi) is 4.34. The van der Waals surface area contributed by atoms with E-state index in [1.54, 1.807) is 13.0 Å². The van der Waals surface area contributed by atoms with Crippen molar-refractivity contribution >= 4 is 11.8 Å². The largest absolute Gasteiger partial charge is 0.485 e. The number of Topliss-reactive ketones (excluding diaryl/α,β-unsaturated/α-hetero) is 1. The van der Waals surface area contributed by atoms with Gasteiger partial charge in [0.05, 0.1) is 6.61 Å². The molecule has 0 aliphatic carbocycles. The number of para-hydroxylation sites is 1. The molecule has 3 aliphatic heterocycles. The Morgan fingerprint density at radius 1 is 1.07 bits per heavy atom. The van der Waals surface area contributed by atoms with Gasteiger partial charge in [0.2, 0.25) is 6.10 Å². The summed E-state index contributed by atoms with van der Waals surface area (Å²) in [6, 6.07) is 12.1. The molecule has 5 atom stereocenters. The predicted molar refractivity (Wildman–Crippen MR) is 96.3 cm³/mol. The molecule has 0 spiro atoms. The van der Waals surface area contributed by atoms with Crippen LogP contribution in [0.1, 0.15) is 28.8 Å². The van der Waals surface area contributed by atoms with Gasteiger partial charge in [-0.2, -0.15) is 0 Å². The van der Waals surface area contributed by atoms with E-state index in [0.717, 1.165) is 5.56 Å². The number of fused-ring (bicyclic) bond motifs is 2. The van der Waals surface area contributed by atoms with Gasteiger partial charge in [0.1, 0.15) is 17.6 Å². The number of hydrogen-bond acceptors (Lipinski definition) is 7. The smallest absolute Gasteiger partial charge is 0.341 e. The molecule has 3 heterocycles. The summed E-state index contributed by atoms with van der Waals surface area (Å²) in [5.74, 6) is -1.11. The van der Waals surface area contributed by atoms with Crippen molar-refractivity contribution in [3.8, 4) is 5.75 Å². The average molecular weight is 399 g/mol. The van der Waals surface area contributed by atoms with Crippen molar-refractivity contribution in [1.82, 2.24) is 5.23 Å². The Balaban J connectivity index is 1.53. The summed E-state index contributed by atoms with van der Waals surface area (Å²) in [4.78, 5) is 37.0. The van der Waals surface area contributed by atoms with Crippen molar-refractivity contribution in [2.75, 3.05) is 6.61 Å². The second-order valence-corrected chi connectivity index (χ2v) is 7.10. The van der Waals surface area contributed by atoms with Crippen LogP contribution >= 0.6 is 0 Å². The third-order valence-corrected chi connectivity index (χ3v) is 5.45. The molecule has 2 saturated heterocycles. The van der Waals surface area contributed by atoms with E-state index >= 15 is 0 Å². The fourth-order valence-electron chi connectivity index (χ4n) is 4.21. The molecule has 0 radical (unpaired) electrons. The summed E-state index contributed by atoms with van der Waals surface area (Å²) < 4.78 is 24.4. The average Bonchev–Trinajstić information content (AvgIpc) is 3.28. The normalized spacial score (nSPS) is 29.7. The number of carbonyl (C=O) groups excluding carboxylic acids is 2. The lowest BCUT2D eigenvalue weighted by Crippen LogP contribution is -2.48. The van der Waals surface area contributed by atoms with Crippen LogP contribution < -0.4 is 4.74 Å². The molecule has 0 unspecified atom stereocenters. The van der Waals surface area contributed by atoms with Gasteiger partial charge in [-0.05, 0) is 37.3 Å². The van der Waals surface area contributed by atoms with E-state index in [4.69, 9.17) is 19.1 Å². The summed E-state index contributed by atoms with van der Waals surface area (Å²) >= 11 is 0. The first-order valence-corrected chi connectivity index (χ1v) is 9.43. The highest BCUT2D eigenvalue weighted by molar-refractivity contribution is 6.00. The zero-order chi connectivity index (χ0) is 20.1. The van der Waals surface area contributed by atoms with Crippen LogP contribution in [0.4, 0.5) is 4.39 Å². The number of hydrogen-bond donors (Lipinski definition) is 0. The molecule has 0 amide bonds. The van der Waals surface area contributed by atoms with Crippen molar-refractivity contribution in [2.45, 2.75) is 37.2 Å². The highest BCUT2D eigenvalue weighted by Crippen LogP contribution is 2.50. The van der Waals surface area contributed by atoms with Gasteiger partial charge in [-0.3, -0.25) is 14.5 Å². The standard InChI is InChI=1S/C21H18FNO6/c1-2-26-21(25)20-19-16-15(13-5-3-4-6-14(13)27-19)18(28-23(16)29-20)17(24)11-7-9-12(22)10-8-11/h3-10,15-16,18-20H,2H2,1H3/t15-,16-,18-,19+,20+/m0/s1.